The second-order valence-corrected chi connectivity index (χ2v) is 5.65. The summed E-state index contributed by atoms with van der Waals surface area (Å²) in [4.78, 5) is 4.41. The maximum Gasteiger partial charge on any atom is 0.131 e. The predicted molar refractivity (Wildman–Crippen MR) is 84.6 cm³/mol. The Balaban J connectivity index is 1.86. The molecule has 22 heavy (non-hydrogen) atoms. The van der Waals surface area contributed by atoms with Crippen molar-refractivity contribution in [1.82, 2.24) is 4.98 Å². The van der Waals surface area contributed by atoms with E-state index in [2.05, 4.69) is 4.98 Å². The molecule has 0 fully saturated rings. The maximum atomic E-state index is 13.3. The first-order valence-electron chi connectivity index (χ1n) is 6.71. The molecule has 3 aromatic rings. The summed E-state index contributed by atoms with van der Waals surface area (Å²) in [6.45, 7) is 0. The van der Waals surface area contributed by atoms with Gasteiger partial charge in [-0.3, -0.25) is 0 Å². The van der Waals surface area contributed by atoms with E-state index in [1.807, 2.05) is 5.38 Å². The predicted octanol–water partition coefficient (Wildman–Crippen LogP) is 4.04. The van der Waals surface area contributed by atoms with Crippen molar-refractivity contribution in [3.63, 3.8) is 0 Å². The van der Waals surface area contributed by atoms with Crippen LogP contribution in [0.5, 0.6) is 5.75 Å². The van der Waals surface area contributed by atoms with Gasteiger partial charge in [-0.2, -0.15) is 0 Å². The number of nitrogens with zero attached hydrogens (tertiary/aromatic N) is 1. The van der Waals surface area contributed by atoms with E-state index in [0.29, 0.717) is 16.3 Å². The number of ether oxygens (including phenoxy) is 1. The van der Waals surface area contributed by atoms with Crippen LogP contribution >= 0.6 is 11.3 Å². The van der Waals surface area contributed by atoms with Crippen molar-refractivity contribution in [2.75, 3.05) is 7.11 Å². The average molecular weight is 315 g/mol. The number of methoxy groups -OCH3 is 1. The van der Waals surface area contributed by atoms with Crippen LogP contribution in [0.4, 0.5) is 4.39 Å². The molecular formula is C17H14FNO2S. The molecule has 112 valence electrons. The van der Waals surface area contributed by atoms with Crippen molar-refractivity contribution in [2.45, 2.75) is 6.10 Å². The van der Waals surface area contributed by atoms with E-state index in [1.54, 1.807) is 43.5 Å². The second kappa shape index (κ2) is 6.25. The van der Waals surface area contributed by atoms with Crippen LogP contribution in [-0.2, 0) is 0 Å². The number of aliphatic hydroxyl groups excluding tert-OH is 1. The zero-order chi connectivity index (χ0) is 15.5. The van der Waals surface area contributed by atoms with Gasteiger partial charge in [0.2, 0.25) is 0 Å². The standard InChI is InChI=1S/C17H14FNO2S/c1-21-14-7-5-11(6-8-14)16(20)17-19-15(10-22-17)12-3-2-4-13(18)9-12/h2-10,16,20H,1H3. The molecular weight excluding hydrogens is 301 g/mol. The minimum atomic E-state index is -0.807. The van der Waals surface area contributed by atoms with Crippen LogP contribution in [0, 0.1) is 5.82 Å². The highest BCUT2D eigenvalue weighted by Crippen LogP contribution is 2.30. The first-order valence-corrected chi connectivity index (χ1v) is 7.59. The zero-order valence-electron chi connectivity index (χ0n) is 11.9. The summed E-state index contributed by atoms with van der Waals surface area (Å²) < 4.78 is 18.4. The van der Waals surface area contributed by atoms with E-state index >= 15 is 0 Å². The molecule has 2 aromatic carbocycles. The van der Waals surface area contributed by atoms with Gasteiger partial charge in [0, 0.05) is 10.9 Å². The Morgan fingerprint density at radius 2 is 1.95 bits per heavy atom. The van der Waals surface area contributed by atoms with Crippen LogP contribution in [0.3, 0.4) is 0 Å². The summed E-state index contributed by atoms with van der Waals surface area (Å²) in [6, 6.07) is 13.4. The number of hydrogen-bond donors (Lipinski definition) is 1. The number of halogens is 1. The molecule has 0 aliphatic heterocycles. The Bertz CT molecular complexity index is 770. The smallest absolute Gasteiger partial charge is 0.131 e. The molecule has 0 amide bonds. The molecule has 0 saturated heterocycles. The van der Waals surface area contributed by atoms with Gasteiger partial charge in [0.1, 0.15) is 22.7 Å². The summed E-state index contributed by atoms with van der Waals surface area (Å²) in [5, 5.41) is 12.8. The second-order valence-electron chi connectivity index (χ2n) is 4.76. The summed E-state index contributed by atoms with van der Waals surface area (Å²) in [5.74, 6) is 0.429. The normalized spacial score (nSPS) is 12.1. The number of hydrogen-bond acceptors (Lipinski definition) is 4. The molecule has 0 radical (unpaired) electrons. The summed E-state index contributed by atoms with van der Waals surface area (Å²) in [6.07, 6.45) is -0.807. The van der Waals surface area contributed by atoms with Crippen molar-refractivity contribution in [1.29, 1.82) is 0 Å². The van der Waals surface area contributed by atoms with Gasteiger partial charge >= 0.3 is 0 Å². The number of thiazole rings is 1. The van der Waals surface area contributed by atoms with Crippen LogP contribution in [0.1, 0.15) is 16.7 Å². The topological polar surface area (TPSA) is 42.4 Å². The van der Waals surface area contributed by atoms with Crippen LogP contribution < -0.4 is 4.74 Å². The van der Waals surface area contributed by atoms with E-state index in [4.69, 9.17) is 4.74 Å². The van der Waals surface area contributed by atoms with Crippen LogP contribution in [0.2, 0.25) is 0 Å². The lowest BCUT2D eigenvalue weighted by Gasteiger charge is -2.08. The number of rotatable bonds is 4. The molecule has 0 aliphatic carbocycles. The number of aromatic nitrogens is 1. The molecule has 1 N–H and O–H groups in total. The fraction of sp³-hybridized carbons (Fsp3) is 0.118. The average Bonchev–Trinajstić information content (AvgIpc) is 3.04. The molecule has 0 bridgehead atoms. The minimum absolute atomic E-state index is 0.303. The van der Waals surface area contributed by atoms with E-state index in [-0.39, 0.29) is 5.82 Å². The molecule has 0 aliphatic rings. The highest BCUT2D eigenvalue weighted by atomic mass is 32.1. The van der Waals surface area contributed by atoms with Gasteiger partial charge in [-0.25, -0.2) is 9.37 Å². The zero-order valence-corrected chi connectivity index (χ0v) is 12.7. The van der Waals surface area contributed by atoms with Gasteiger partial charge in [0.15, 0.2) is 0 Å². The summed E-state index contributed by atoms with van der Waals surface area (Å²) in [5.41, 5.74) is 2.09. The quantitative estimate of drug-likeness (QED) is 0.790. The highest BCUT2D eigenvalue weighted by molar-refractivity contribution is 7.10. The van der Waals surface area contributed by atoms with Crippen LogP contribution in [-0.4, -0.2) is 17.2 Å². The lowest BCUT2D eigenvalue weighted by atomic mass is 10.1. The highest BCUT2D eigenvalue weighted by Gasteiger charge is 2.15. The van der Waals surface area contributed by atoms with E-state index in [9.17, 15) is 9.50 Å². The van der Waals surface area contributed by atoms with E-state index in [1.165, 1.54) is 23.5 Å². The molecule has 3 rings (SSSR count). The van der Waals surface area contributed by atoms with Crippen molar-refractivity contribution in [3.05, 3.63) is 70.3 Å². The Morgan fingerprint density at radius 1 is 1.18 bits per heavy atom. The third kappa shape index (κ3) is 3.00. The van der Waals surface area contributed by atoms with Gasteiger partial charge in [-0.05, 0) is 29.8 Å². The van der Waals surface area contributed by atoms with Gasteiger partial charge in [-0.15, -0.1) is 11.3 Å². The molecule has 0 saturated carbocycles. The monoisotopic (exact) mass is 315 g/mol. The molecule has 1 unspecified atom stereocenters. The largest absolute Gasteiger partial charge is 0.497 e. The minimum Gasteiger partial charge on any atom is -0.497 e. The van der Waals surface area contributed by atoms with Crippen molar-refractivity contribution in [2.24, 2.45) is 0 Å². The molecule has 5 heteroatoms. The maximum absolute atomic E-state index is 13.3. The third-order valence-electron chi connectivity index (χ3n) is 3.31. The fourth-order valence-corrected chi connectivity index (χ4v) is 2.96. The first-order chi connectivity index (χ1) is 10.7. The Labute approximate surface area is 131 Å². The van der Waals surface area contributed by atoms with Crippen LogP contribution in [0.25, 0.3) is 11.3 Å². The van der Waals surface area contributed by atoms with Gasteiger partial charge in [0.05, 0.1) is 12.8 Å². The van der Waals surface area contributed by atoms with Gasteiger partial charge in [-0.1, -0.05) is 24.3 Å². The Hall–Kier alpha value is -2.24. The van der Waals surface area contributed by atoms with Crippen molar-refractivity contribution >= 4 is 11.3 Å². The first kappa shape index (κ1) is 14.7. The molecule has 1 atom stereocenters. The number of benzene rings is 2. The number of aliphatic hydroxyl groups is 1. The van der Waals surface area contributed by atoms with E-state index < -0.39 is 6.10 Å². The molecule has 0 spiro atoms. The summed E-state index contributed by atoms with van der Waals surface area (Å²) >= 11 is 1.35. The Morgan fingerprint density at radius 3 is 2.64 bits per heavy atom. The van der Waals surface area contributed by atoms with Crippen LogP contribution in [0.15, 0.2) is 53.9 Å². The third-order valence-corrected chi connectivity index (χ3v) is 4.20. The van der Waals surface area contributed by atoms with Gasteiger partial charge in [0.25, 0.3) is 0 Å². The SMILES string of the molecule is COc1ccc(C(O)c2nc(-c3cccc(F)c3)cs2)cc1. The Kier molecular flexibility index (Phi) is 4.18. The summed E-state index contributed by atoms with van der Waals surface area (Å²) in [7, 11) is 1.59. The van der Waals surface area contributed by atoms with Crippen molar-refractivity contribution in [3.8, 4) is 17.0 Å². The van der Waals surface area contributed by atoms with Gasteiger partial charge < -0.3 is 9.84 Å². The molecule has 3 nitrogen and oxygen atoms in total. The lowest BCUT2D eigenvalue weighted by molar-refractivity contribution is 0.220. The fourth-order valence-electron chi connectivity index (χ4n) is 2.12. The lowest BCUT2D eigenvalue weighted by Crippen LogP contribution is -1.99. The molecule has 1 aromatic heterocycles. The van der Waals surface area contributed by atoms with Crippen molar-refractivity contribution < 1.29 is 14.2 Å². The van der Waals surface area contributed by atoms with E-state index in [0.717, 1.165) is 11.3 Å². The molecule has 1 heterocycles.